The van der Waals surface area contributed by atoms with Crippen molar-refractivity contribution in [2.24, 2.45) is 0 Å². The molecule has 0 saturated heterocycles. The molecule has 1 aromatic heterocycles. The van der Waals surface area contributed by atoms with Gasteiger partial charge in [-0.2, -0.15) is 5.10 Å². The van der Waals surface area contributed by atoms with Crippen molar-refractivity contribution in [3.05, 3.63) is 65.0 Å². The van der Waals surface area contributed by atoms with Crippen LogP contribution in [0.25, 0.3) is 10.9 Å². The summed E-state index contributed by atoms with van der Waals surface area (Å²) in [6.45, 7) is 3.80. The molecule has 1 aliphatic heterocycles. The van der Waals surface area contributed by atoms with Crippen molar-refractivity contribution in [1.82, 2.24) is 14.7 Å². The van der Waals surface area contributed by atoms with Gasteiger partial charge in [0.1, 0.15) is 6.61 Å². The van der Waals surface area contributed by atoms with Crippen LogP contribution in [0.4, 0.5) is 0 Å². The van der Waals surface area contributed by atoms with E-state index in [9.17, 15) is 9.59 Å². The Morgan fingerprint density at radius 2 is 1.93 bits per heavy atom. The number of nitrogens with zero attached hydrogens (tertiary/aromatic N) is 3. The molecule has 0 spiro atoms. The third kappa shape index (κ3) is 4.08. The molecule has 0 aliphatic carbocycles. The molecule has 2 aromatic carbocycles. The molecule has 4 rings (SSSR count). The van der Waals surface area contributed by atoms with Crippen molar-refractivity contribution in [1.29, 1.82) is 0 Å². The summed E-state index contributed by atoms with van der Waals surface area (Å²) in [5.74, 6) is 1.45. The molecule has 1 amide bonds. The Hall–Kier alpha value is -3.35. The zero-order chi connectivity index (χ0) is 20.2. The fourth-order valence-electron chi connectivity index (χ4n) is 3.50. The Kier molecular flexibility index (Phi) is 5.46. The summed E-state index contributed by atoms with van der Waals surface area (Å²) in [6, 6.07) is 14.8. The van der Waals surface area contributed by atoms with Crippen molar-refractivity contribution in [3.63, 3.8) is 0 Å². The van der Waals surface area contributed by atoms with Gasteiger partial charge in [-0.3, -0.25) is 14.3 Å². The Morgan fingerprint density at radius 3 is 2.76 bits per heavy atom. The molecule has 0 radical (unpaired) electrons. The smallest absolute Gasteiger partial charge is 0.224 e. The van der Waals surface area contributed by atoms with E-state index in [4.69, 9.17) is 9.47 Å². The summed E-state index contributed by atoms with van der Waals surface area (Å²) in [5, 5.41) is 4.80. The monoisotopic (exact) mass is 393 g/mol. The van der Waals surface area contributed by atoms with Crippen LogP contribution in [0.5, 0.6) is 11.5 Å². The van der Waals surface area contributed by atoms with Crippen molar-refractivity contribution in [3.8, 4) is 11.5 Å². The maximum atomic E-state index is 12.8. The molecule has 0 N–H and O–H groups in total. The van der Waals surface area contributed by atoms with Gasteiger partial charge in [0.05, 0.1) is 24.8 Å². The normalized spacial score (nSPS) is 15.3. The molecule has 29 heavy (non-hydrogen) atoms. The first-order chi connectivity index (χ1) is 14.2. The summed E-state index contributed by atoms with van der Waals surface area (Å²) in [4.78, 5) is 26.5. The molecule has 1 aliphatic rings. The number of benzene rings is 2. The van der Waals surface area contributed by atoms with E-state index in [0.29, 0.717) is 37.4 Å². The van der Waals surface area contributed by atoms with Crippen LogP contribution in [-0.2, 0) is 11.3 Å². The lowest BCUT2D eigenvalue weighted by Crippen LogP contribution is -2.43. The first kappa shape index (κ1) is 19.0. The van der Waals surface area contributed by atoms with Crippen LogP contribution in [0.3, 0.4) is 0 Å². The number of carbonyl (C=O) groups is 1. The van der Waals surface area contributed by atoms with Crippen LogP contribution in [0.2, 0.25) is 0 Å². The molecule has 3 aromatic rings. The van der Waals surface area contributed by atoms with Crippen molar-refractivity contribution >= 4 is 16.8 Å². The van der Waals surface area contributed by atoms with Gasteiger partial charge in [-0.15, -0.1) is 0 Å². The number of carbonyl (C=O) groups excluding carboxylic acids is 1. The van der Waals surface area contributed by atoms with Gasteiger partial charge in [-0.05, 0) is 31.2 Å². The average molecular weight is 393 g/mol. The highest BCUT2D eigenvalue weighted by atomic mass is 16.6. The Balaban J connectivity index is 1.40. The second kappa shape index (κ2) is 8.34. The lowest BCUT2D eigenvalue weighted by molar-refractivity contribution is -0.132. The zero-order valence-electron chi connectivity index (χ0n) is 16.3. The molecule has 2 heterocycles. The predicted molar refractivity (Wildman–Crippen MR) is 109 cm³/mol. The molecule has 0 saturated carbocycles. The lowest BCUT2D eigenvalue weighted by Gasteiger charge is -2.31. The molecule has 0 bridgehead atoms. The van der Waals surface area contributed by atoms with E-state index in [1.165, 1.54) is 6.20 Å². The molecule has 7 heteroatoms. The summed E-state index contributed by atoms with van der Waals surface area (Å²) in [6.07, 6.45) is 1.38. The van der Waals surface area contributed by atoms with Gasteiger partial charge in [0.25, 0.3) is 0 Å². The summed E-state index contributed by atoms with van der Waals surface area (Å²) in [5.41, 5.74) is 0.615. The summed E-state index contributed by atoms with van der Waals surface area (Å²) in [7, 11) is 0. The topological polar surface area (TPSA) is 73.7 Å². The number of likely N-dealkylation sites (N-methyl/N-ethyl adjacent to an activating group) is 1. The predicted octanol–water partition coefficient (Wildman–Crippen LogP) is 2.48. The van der Waals surface area contributed by atoms with Gasteiger partial charge >= 0.3 is 0 Å². The Bertz CT molecular complexity index is 1080. The fourth-order valence-corrected chi connectivity index (χ4v) is 3.50. The largest absolute Gasteiger partial charge is 0.486 e. The van der Waals surface area contributed by atoms with Gasteiger partial charge in [0.2, 0.25) is 11.3 Å². The highest BCUT2D eigenvalue weighted by Gasteiger charge is 2.24. The minimum Gasteiger partial charge on any atom is -0.486 e. The van der Waals surface area contributed by atoms with Crippen LogP contribution in [0.15, 0.2) is 59.5 Å². The van der Waals surface area contributed by atoms with Crippen LogP contribution < -0.4 is 14.9 Å². The molecular weight excluding hydrogens is 370 g/mol. The van der Waals surface area contributed by atoms with Crippen molar-refractivity contribution in [2.45, 2.75) is 26.0 Å². The number of rotatable bonds is 6. The number of aryl methyl sites for hydroxylation is 1. The van der Waals surface area contributed by atoms with E-state index >= 15 is 0 Å². The lowest BCUT2D eigenvalue weighted by atomic mass is 10.2. The second-order valence-electron chi connectivity index (χ2n) is 6.93. The molecule has 7 nitrogen and oxygen atoms in total. The molecule has 0 fully saturated rings. The van der Waals surface area contributed by atoms with E-state index in [-0.39, 0.29) is 23.9 Å². The minimum atomic E-state index is -0.208. The van der Waals surface area contributed by atoms with Crippen LogP contribution in [0.1, 0.15) is 13.3 Å². The Morgan fingerprint density at radius 1 is 1.17 bits per heavy atom. The molecular formula is C22H23N3O4. The van der Waals surface area contributed by atoms with Gasteiger partial charge in [0, 0.05) is 18.4 Å². The van der Waals surface area contributed by atoms with E-state index < -0.39 is 0 Å². The van der Waals surface area contributed by atoms with Gasteiger partial charge in [0.15, 0.2) is 17.6 Å². The minimum absolute atomic E-state index is 0.0135. The average Bonchev–Trinajstić information content (AvgIpc) is 2.77. The quantitative estimate of drug-likeness (QED) is 0.643. The maximum absolute atomic E-state index is 12.8. The SMILES string of the molecule is CCN(CC1COc2ccccc2O1)C(=O)CCn1ncc(=O)c2ccccc21. The first-order valence-electron chi connectivity index (χ1n) is 9.77. The number of amides is 1. The zero-order valence-corrected chi connectivity index (χ0v) is 16.3. The molecule has 150 valence electrons. The standard InChI is InChI=1S/C22H23N3O4/c1-2-24(14-16-15-28-20-9-5-6-10-21(20)29-16)22(27)11-12-25-18-8-4-3-7-17(18)19(26)13-23-25/h3-10,13,16H,2,11-12,14-15H2,1H3. The fraction of sp³-hybridized carbons (Fsp3) is 0.318. The number of para-hydroxylation sites is 3. The van der Waals surface area contributed by atoms with Crippen molar-refractivity contribution in [2.75, 3.05) is 19.7 Å². The maximum Gasteiger partial charge on any atom is 0.224 e. The third-order valence-corrected chi connectivity index (χ3v) is 5.03. The molecule has 1 unspecified atom stereocenters. The number of hydrogen-bond donors (Lipinski definition) is 0. The summed E-state index contributed by atoms with van der Waals surface area (Å²) < 4.78 is 13.4. The van der Waals surface area contributed by atoms with Gasteiger partial charge in [-0.1, -0.05) is 24.3 Å². The van der Waals surface area contributed by atoms with E-state index in [2.05, 4.69) is 5.10 Å². The van der Waals surface area contributed by atoms with Crippen LogP contribution in [0, 0.1) is 0 Å². The first-order valence-corrected chi connectivity index (χ1v) is 9.77. The third-order valence-electron chi connectivity index (χ3n) is 5.03. The van der Waals surface area contributed by atoms with Gasteiger partial charge < -0.3 is 14.4 Å². The number of aromatic nitrogens is 2. The second-order valence-corrected chi connectivity index (χ2v) is 6.93. The van der Waals surface area contributed by atoms with Crippen molar-refractivity contribution < 1.29 is 14.3 Å². The van der Waals surface area contributed by atoms with Crippen LogP contribution in [-0.4, -0.2) is 46.4 Å². The van der Waals surface area contributed by atoms with E-state index in [1.54, 1.807) is 15.6 Å². The van der Waals surface area contributed by atoms with E-state index in [1.807, 2.05) is 49.4 Å². The Labute approximate surface area is 168 Å². The van der Waals surface area contributed by atoms with Gasteiger partial charge in [-0.25, -0.2) is 0 Å². The number of fused-ring (bicyclic) bond motifs is 2. The van der Waals surface area contributed by atoms with Crippen LogP contribution >= 0.6 is 0 Å². The summed E-state index contributed by atoms with van der Waals surface area (Å²) >= 11 is 0. The number of ether oxygens (including phenoxy) is 2. The highest BCUT2D eigenvalue weighted by Crippen LogP contribution is 2.31. The number of hydrogen-bond acceptors (Lipinski definition) is 5. The molecule has 1 atom stereocenters. The van der Waals surface area contributed by atoms with E-state index in [0.717, 1.165) is 11.3 Å². The highest BCUT2D eigenvalue weighted by molar-refractivity contribution is 5.79.